The number of hydrogen-bond donors (Lipinski definition) is 0. The molecule has 1 saturated heterocycles. The highest BCUT2D eigenvalue weighted by atomic mass is 19.4. The molecule has 0 saturated carbocycles. The fourth-order valence-corrected chi connectivity index (χ4v) is 0.964. The Morgan fingerprint density at radius 1 is 1.64 bits per heavy atom. The van der Waals surface area contributed by atoms with Crippen LogP contribution in [0.15, 0.2) is 12.2 Å². The van der Waals surface area contributed by atoms with Gasteiger partial charge in [-0.25, -0.2) is 4.79 Å². The summed E-state index contributed by atoms with van der Waals surface area (Å²) in [6, 6.07) is 0. The molecular formula is C8H9F3O3. The minimum atomic E-state index is -4.61. The lowest BCUT2D eigenvalue weighted by Gasteiger charge is -2.16. The standard InChI is InChI=1S/C8H9F3O3/c1-3-13-6(12)5(2)7(4-14-7)8(9,10)11/h2-4H2,1H3. The van der Waals surface area contributed by atoms with Gasteiger partial charge in [-0.2, -0.15) is 13.2 Å². The average molecular weight is 210 g/mol. The Morgan fingerprint density at radius 2 is 2.14 bits per heavy atom. The summed E-state index contributed by atoms with van der Waals surface area (Å²) < 4.78 is 45.7. The molecule has 1 fully saturated rings. The van der Waals surface area contributed by atoms with E-state index in [1.165, 1.54) is 6.92 Å². The van der Waals surface area contributed by atoms with Gasteiger partial charge in [0.05, 0.1) is 18.8 Å². The molecule has 14 heavy (non-hydrogen) atoms. The van der Waals surface area contributed by atoms with Crippen molar-refractivity contribution in [3.05, 3.63) is 12.2 Å². The highest BCUT2D eigenvalue weighted by Crippen LogP contribution is 2.48. The lowest BCUT2D eigenvalue weighted by molar-refractivity contribution is -0.177. The first-order valence-electron chi connectivity index (χ1n) is 3.92. The number of esters is 1. The van der Waals surface area contributed by atoms with Crippen LogP contribution >= 0.6 is 0 Å². The SMILES string of the molecule is C=C(C(=O)OCC)C1(C(F)(F)F)CO1. The molecule has 0 radical (unpaired) electrons. The van der Waals surface area contributed by atoms with Crippen LogP contribution in [0.2, 0.25) is 0 Å². The predicted molar refractivity (Wildman–Crippen MR) is 40.5 cm³/mol. The van der Waals surface area contributed by atoms with Gasteiger partial charge in [-0.3, -0.25) is 0 Å². The quantitative estimate of drug-likeness (QED) is 0.402. The van der Waals surface area contributed by atoms with E-state index >= 15 is 0 Å². The predicted octanol–water partition coefficient (Wildman–Crippen LogP) is 1.44. The Kier molecular flexibility index (Phi) is 2.58. The zero-order valence-corrected chi connectivity index (χ0v) is 7.48. The first-order chi connectivity index (χ1) is 6.35. The third kappa shape index (κ3) is 1.61. The van der Waals surface area contributed by atoms with E-state index in [1.807, 2.05) is 0 Å². The van der Waals surface area contributed by atoms with Gasteiger partial charge in [-0.15, -0.1) is 0 Å². The van der Waals surface area contributed by atoms with Crippen LogP contribution in [0.5, 0.6) is 0 Å². The van der Waals surface area contributed by atoms with E-state index in [0.29, 0.717) is 0 Å². The molecular weight excluding hydrogens is 201 g/mol. The van der Waals surface area contributed by atoms with Crippen LogP contribution in [0.3, 0.4) is 0 Å². The Bertz CT molecular complexity index is 265. The van der Waals surface area contributed by atoms with Gasteiger partial charge in [-0.1, -0.05) is 6.58 Å². The molecule has 80 valence electrons. The van der Waals surface area contributed by atoms with Crippen molar-refractivity contribution >= 4 is 5.97 Å². The van der Waals surface area contributed by atoms with Gasteiger partial charge in [0.15, 0.2) is 0 Å². The van der Waals surface area contributed by atoms with Crippen LogP contribution in [-0.2, 0) is 14.3 Å². The van der Waals surface area contributed by atoms with Gasteiger partial charge in [0.1, 0.15) is 0 Å². The summed E-state index contributed by atoms with van der Waals surface area (Å²) in [5.74, 6) is -1.07. The summed E-state index contributed by atoms with van der Waals surface area (Å²) in [5, 5.41) is 0. The maximum atomic E-state index is 12.4. The average Bonchev–Trinajstić information content (AvgIpc) is 2.81. The molecule has 3 nitrogen and oxygen atoms in total. The van der Waals surface area contributed by atoms with Crippen LogP contribution in [0.1, 0.15) is 6.92 Å². The van der Waals surface area contributed by atoms with Crippen LogP contribution in [-0.4, -0.2) is 31.0 Å². The molecule has 0 spiro atoms. The highest BCUT2D eigenvalue weighted by molar-refractivity contribution is 5.91. The molecule has 0 N–H and O–H groups in total. The summed E-state index contributed by atoms with van der Waals surface area (Å²) >= 11 is 0. The van der Waals surface area contributed by atoms with Gasteiger partial charge >= 0.3 is 12.1 Å². The number of ether oxygens (including phenoxy) is 2. The second-order valence-electron chi connectivity index (χ2n) is 2.81. The lowest BCUT2D eigenvalue weighted by atomic mass is 10.0. The van der Waals surface area contributed by atoms with E-state index in [-0.39, 0.29) is 6.61 Å². The zero-order valence-electron chi connectivity index (χ0n) is 7.48. The molecule has 1 aliphatic heterocycles. The topological polar surface area (TPSA) is 38.8 Å². The molecule has 1 aliphatic rings. The normalized spacial score (nSPS) is 25.7. The van der Waals surface area contributed by atoms with Crippen LogP contribution in [0.4, 0.5) is 13.2 Å². The van der Waals surface area contributed by atoms with Crippen molar-refractivity contribution < 1.29 is 27.4 Å². The van der Waals surface area contributed by atoms with Crippen molar-refractivity contribution in [2.45, 2.75) is 18.7 Å². The summed E-state index contributed by atoms with van der Waals surface area (Å²) in [6.07, 6.45) is -4.61. The Balaban J connectivity index is 2.75. The van der Waals surface area contributed by atoms with Crippen molar-refractivity contribution in [3.8, 4) is 0 Å². The smallest absolute Gasteiger partial charge is 0.424 e. The van der Waals surface area contributed by atoms with Crippen molar-refractivity contribution in [1.82, 2.24) is 0 Å². The van der Waals surface area contributed by atoms with Crippen LogP contribution < -0.4 is 0 Å². The first-order valence-corrected chi connectivity index (χ1v) is 3.92. The summed E-state index contributed by atoms with van der Waals surface area (Å²) in [5.41, 5.74) is -3.19. The van der Waals surface area contributed by atoms with Crippen molar-refractivity contribution in [3.63, 3.8) is 0 Å². The Labute approximate surface area is 78.5 Å². The summed E-state index contributed by atoms with van der Waals surface area (Å²) in [7, 11) is 0. The molecule has 6 heteroatoms. The molecule has 0 aromatic rings. The number of alkyl halides is 3. The first kappa shape index (κ1) is 11.0. The number of hydrogen-bond acceptors (Lipinski definition) is 3. The van der Waals surface area contributed by atoms with E-state index in [9.17, 15) is 18.0 Å². The molecule has 0 aromatic heterocycles. The van der Waals surface area contributed by atoms with Gasteiger partial charge < -0.3 is 9.47 Å². The summed E-state index contributed by atoms with van der Waals surface area (Å²) in [4.78, 5) is 11.0. The Morgan fingerprint density at radius 3 is 2.43 bits per heavy atom. The molecule has 1 unspecified atom stereocenters. The van der Waals surface area contributed by atoms with E-state index in [2.05, 4.69) is 16.1 Å². The minimum Gasteiger partial charge on any atom is -0.463 e. The maximum absolute atomic E-state index is 12.4. The third-order valence-electron chi connectivity index (χ3n) is 1.90. The number of epoxide rings is 1. The Hall–Kier alpha value is -1.04. The van der Waals surface area contributed by atoms with Crippen molar-refractivity contribution in [2.75, 3.05) is 13.2 Å². The van der Waals surface area contributed by atoms with Gasteiger partial charge in [-0.05, 0) is 6.92 Å². The van der Waals surface area contributed by atoms with Gasteiger partial charge in [0, 0.05) is 0 Å². The third-order valence-corrected chi connectivity index (χ3v) is 1.90. The van der Waals surface area contributed by atoms with Gasteiger partial charge in [0.2, 0.25) is 5.60 Å². The van der Waals surface area contributed by atoms with E-state index in [1.54, 1.807) is 0 Å². The molecule has 0 aliphatic carbocycles. The van der Waals surface area contributed by atoms with E-state index in [0.717, 1.165) is 0 Å². The minimum absolute atomic E-state index is 0.00574. The van der Waals surface area contributed by atoms with E-state index in [4.69, 9.17) is 0 Å². The second kappa shape index (κ2) is 3.27. The molecule has 1 heterocycles. The van der Waals surface area contributed by atoms with Crippen molar-refractivity contribution in [2.24, 2.45) is 0 Å². The van der Waals surface area contributed by atoms with Crippen molar-refractivity contribution in [1.29, 1.82) is 0 Å². The molecule has 0 aromatic carbocycles. The molecule has 1 rings (SSSR count). The lowest BCUT2D eigenvalue weighted by Crippen LogP contribution is -2.37. The zero-order chi connectivity index (χ0) is 11.0. The van der Waals surface area contributed by atoms with Crippen LogP contribution in [0.25, 0.3) is 0 Å². The maximum Gasteiger partial charge on any atom is 0.424 e. The molecule has 0 amide bonds. The number of halogens is 3. The largest absolute Gasteiger partial charge is 0.463 e. The number of rotatable bonds is 3. The molecule has 0 bridgehead atoms. The highest BCUT2D eigenvalue weighted by Gasteiger charge is 2.69. The second-order valence-corrected chi connectivity index (χ2v) is 2.81. The number of carbonyl (C=O) groups excluding carboxylic acids is 1. The monoisotopic (exact) mass is 210 g/mol. The fourth-order valence-electron chi connectivity index (χ4n) is 0.964. The number of carbonyl (C=O) groups is 1. The van der Waals surface area contributed by atoms with E-state index < -0.39 is 29.9 Å². The molecule has 1 atom stereocenters. The fraction of sp³-hybridized carbons (Fsp3) is 0.625. The summed E-state index contributed by atoms with van der Waals surface area (Å²) in [6.45, 7) is 4.00. The van der Waals surface area contributed by atoms with Gasteiger partial charge in [0.25, 0.3) is 0 Å². The van der Waals surface area contributed by atoms with Crippen LogP contribution in [0, 0.1) is 0 Å².